The lowest BCUT2D eigenvalue weighted by Crippen LogP contribution is -2.38. The highest BCUT2D eigenvalue weighted by molar-refractivity contribution is 5.81. The zero-order valence-electron chi connectivity index (χ0n) is 7.71. The zero-order valence-corrected chi connectivity index (χ0v) is 7.71. The molecule has 0 radical (unpaired) electrons. The van der Waals surface area contributed by atoms with E-state index in [2.05, 4.69) is 12.2 Å². The van der Waals surface area contributed by atoms with Crippen molar-refractivity contribution in [2.45, 2.75) is 32.7 Å². The van der Waals surface area contributed by atoms with E-state index in [0.717, 1.165) is 12.8 Å². The van der Waals surface area contributed by atoms with Gasteiger partial charge in [0, 0.05) is 5.92 Å². The van der Waals surface area contributed by atoms with E-state index in [1.807, 2.05) is 6.92 Å². The molecule has 1 rings (SSSR count). The van der Waals surface area contributed by atoms with Crippen LogP contribution in [-0.4, -0.2) is 23.7 Å². The molecule has 12 heavy (non-hydrogen) atoms. The van der Waals surface area contributed by atoms with E-state index in [9.17, 15) is 4.79 Å². The van der Waals surface area contributed by atoms with Crippen LogP contribution in [0.3, 0.4) is 0 Å². The Bertz CT molecular complexity index is 166. The highest BCUT2D eigenvalue weighted by Crippen LogP contribution is 2.37. The van der Waals surface area contributed by atoms with Crippen LogP contribution in [0.2, 0.25) is 0 Å². The van der Waals surface area contributed by atoms with Crippen LogP contribution in [0, 0.1) is 11.8 Å². The van der Waals surface area contributed by atoms with Crippen LogP contribution in [0.25, 0.3) is 0 Å². The van der Waals surface area contributed by atoms with Gasteiger partial charge < -0.3 is 10.4 Å². The molecule has 2 unspecified atom stereocenters. The number of hydrogen-bond donors (Lipinski definition) is 2. The summed E-state index contributed by atoms with van der Waals surface area (Å²) in [5, 5.41) is 11.6. The van der Waals surface area contributed by atoms with Crippen LogP contribution < -0.4 is 5.32 Å². The second kappa shape index (κ2) is 3.90. The molecule has 70 valence electrons. The number of carbonyl (C=O) groups is 1. The van der Waals surface area contributed by atoms with Gasteiger partial charge in [-0.25, -0.2) is 0 Å². The Morgan fingerprint density at radius 1 is 1.75 bits per heavy atom. The number of aliphatic hydroxyl groups is 1. The Labute approximate surface area is 73.2 Å². The number of amides is 1. The van der Waals surface area contributed by atoms with E-state index in [1.54, 1.807) is 0 Å². The average Bonchev–Trinajstić information content (AvgIpc) is 2.78. The summed E-state index contributed by atoms with van der Waals surface area (Å²) < 4.78 is 0. The van der Waals surface area contributed by atoms with Gasteiger partial charge in [0.15, 0.2) is 0 Å². The van der Waals surface area contributed by atoms with E-state index < -0.39 is 0 Å². The third-order valence-corrected chi connectivity index (χ3v) is 2.51. The first kappa shape index (κ1) is 9.52. The third kappa shape index (κ3) is 2.21. The lowest BCUT2D eigenvalue weighted by molar-refractivity contribution is -0.123. The molecule has 1 aliphatic rings. The van der Waals surface area contributed by atoms with Gasteiger partial charge in [-0.3, -0.25) is 4.79 Å². The number of carbonyl (C=O) groups excluding carboxylic acids is 1. The maximum Gasteiger partial charge on any atom is 0.223 e. The van der Waals surface area contributed by atoms with Crippen molar-refractivity contribution in [1.82, 2.24) is 5.32 Å². The first-order valence-electron chi connectivity index (χ1n) is 4.60. The number of rotatable bonds is 4. The minimum absolute atomic E-state index is 0.0450. The summed E-state index contributed by atoms with van der Waals surface area (Å²) in [6.07, 6.45) is 1.80. The Morgan fingerprint density at radius 2 is 2.33 bits per heavy atom. The second-order valence-corrected chi connectivity index (χ2v) is 3.62. The van der Waals surface area contributed by atoms with E-state index >= 15 is 0 Å². The summed E-state index contributed by atoms with van der Waals surface area (Å²) in [7, 11) is 0. The molecule has 0 heterocycles. The fourth-order valence-electron chi connectivity index (χ4n) is 1.27. The second-order valence-electron chi connectivity index (χ2n) is 3.62. The monoisotopic (exact) mass is 171 g/mol. The molecular weight excluding hydrogens is 154 g/mol. The van der Waals surface area contributed by atoms with Crippen molar-refractivity contribution in [2.24, 2.45) is 11.8 Å². The molecule has 0 aromatic carbocycles. The van der Waals surface area contributed by atoms with Gasteiger partial charge in [0.2, 0.25) is 5.91 Å². The van der Waals surface area contributed by atoms with Crippen LogP contribution in [-0.2, 0) is 4.79 Å². The number of nitrogens with one attached hydrogen (secondary N) is 1. The molecule has 0 aromatic rings. The Kier molecular flexibility index (Phi) is 3.09. The minimum atomic E-state index is -0.0506. The van der Waals surface area contributed by atoms with Crippen molar-refractivity contribution in [1.29, 1.82) is 0 Å². The highest BCUT2D eigenvalue weighted by atomic mass is 16.3. The fraction of sp³-hybridized carbons (Fsp3) is 0.889. The van der Waals surface area contributed by atoms with Crippen LogP contribution in [0.15, 0.2) is 0 Å². The topological polar surface area (TPSA) is 49.3 Å². The summed E-state index contributed by atoms with van der Waals surface area (Å²) >= 11 is 0. The summed E-state index contributed by atoms with van der Waals surface area (Å²) in [5.41, 5.74) is 0. The molecular formula is C9H17NO2. The van der Waals surface area contributed by atoms with E-state index in [-0.39, 0.29) is 24.5 Å². The van der Waals surface area contributed by atoms with Crippen LogP contribution in [0.4, 0.5) is 0 Å². The molecule has 0 bridgehead atoms. The Balaban J connectivity index is 2.25. The van der Waals surface area contributed by atoms with Gasteiger partial charge in [-0.1, -0.05) is 13.8 Å². The van der Waals surface area contributed by atoms with Crippen molar-refractivity contribution in [3.63, 3.8) is 0 Å². The van der Waals surface area contributed by atoms with Crippen molar-refractivity contribution < 1.29 is 9.90 Å². The molecule has 1 fully saturated rings. The largest absolute Gasteiger partial charge is 0.394 e. The molecule has 3 nitrogen and oxygen atoms in total. The third-order valence-electron chi connectivity index (χ3n) is 2.51. The van der Waals surface area contributed by atoms with Crippen LogP contribution in [0.5, 0.6) is 0 Å². The normalized spacial score (nSPS) is 29.6. The molecule has 0 saturated heterocycles. The maximum atomic E-state index is 11.3. The fourth-order valence-corrected chi connectivity index (χ4v) is 1.27. The van der Waals surface area contributed by atoms with Gasteiger partial charge in [-0.05, 0) is 18.8 Å². The Hall–Kier alpha value is -0.570. The summed E-state index contributed by atoms with van der Waals surface area (Å²) in [6.45, 7) is 4.07. The van der Waals surface area contributed by atoms with E-state index in [0.29, 0.717) is 5.92 Å². The summed E-state index contributed by atoms with van der Waals surface area (Å²) in [4.78, 5) is 11.3. The number of aliphatic hydroxyl groups excluding tert-OH is 1. The van der Waals surface area contributed by atoms with Gasteiger partial charge in [-0.15, -0.1) is 0 Å². The smallest absolute Gasteiger partial charge is 0.223 e. The predicted molar refractivity (Wildman–Crippen MR) is 46.6 cm³/mol. The van der Waals surface area contributed by atoms with Crippen molar-refractivity contribution in [3.8, 4) is 0 Å². The number of hydrogen-bond acceptors (Lipinski definition) is 2. The molecule has 2 N–H and O–H groups in total. The van der Waals surface area contributed by atoms with Gasteiger partial charge in [-0.2, -0.15) is 0 Å². The molecule has 1 saturated carbocycles. The molecule has 1 aliphatic carbocycles. The van der Waals surface area contributed by atoms with Crippen LogP contribution in [0.1, 0.15) is 26.7 Å². The quantitative estimate of drug-likeness (QED) is 0.648. The highest BCUT2D eigenvalue weighted by Gasteiger charge is 2.39. The van der Waals surface area contributed by atoms with Crippen molar-refractivity contribution >= 4 is 5.91 Å². The molecule has 0 spiro atoms. The summed E-state index contributed by atoms with van der Waals surface area (Å²) in [6, 6.07) is -0.0506. The molecule has 0 aliphatic heterocycles. The SMILES string of the molecule is CC[C@@H](CO)NC(=O)C1CC1C. The molecule has 3 heteroatoms. The first-order chi connectivity index (χ1) is 5.69. The average molecular weight is 171 g/mol. The van der Waals surface area contributed by atoms with Crippen molar-refractivity contribution in [2.75, 3.05) is 6.61 Å². The molecule has 3 atom stereocenters. The van der Waals surface area contributed by atoms with Crippen LogP contribution >= 0.6 is 0 Å². The van der Waals surface area contributed by atoms with Gasteiger partial charge in [0.25, 0.3) is 0 Å². The summed E-state index contributed by atoms with van der Waals surface area (Å²) in [5.74, 6) is 0.871. The zero-order chi connectivity index (χ0) is 9.14. The predicted octanol–water partition coefficient (Wildman–Crippen LogP) is 0.529. The van der Waals surface area contributed by atoms with Gasteiger partial charge in [0.05, 0.1) is 12.6 Å². The maximum absolute atomic E-state index is 11.3. The van der Waals surface area contributed by atoms with Gasteiger partial charge in [0.1, 0.15) is 0 Å². The minimum Gasteiger partial charge on any atom is -0.394 e. The van der Waals surface area contributed by atoms with Gasteiger partial charge >= 0.3 is 0 Å². The first-order valence-corrected chi connectivity index (χ1v) is 4.60. The molecule has 0 aromatic heterocycles. The standard InChI is InChI=1S/C9H17NO2/c1-3-7(5-11)10-9(12)8-4-6(8)2/h6-8,11H,3-5H2,1-2H3,(H,10,12)/t6?,7-,8?/m0/s1. The van der Waals surface area contributed by atoms with Crippen molar-refractivity contribution in [3.05, 3.63) is 0 Å². The lowest BCUT2D eigenvalue weighted by Gasteiger charge is -2.13. The Morgan fingerprint density at radius 3 is 2.67 bits per heavy atom. The molecule has 1 amide bonds. The van der Waals surface area contributed by atoms with E-state index in [4.69, 9.17) is 5.11 Å². The lowest BCUT2D eigenvalue weighted by atomic mass is 10.2. The van der Waals surface area contributed by atoms with E-state index in [1.165, 1.54) is 0 Å².